The van der Waals surface area contributed by atoms with Gasteiger partial charge in [0, 0.05) is 29.3 Å². The minimum absolute atomic E-state index is 0.000119. The molecule has 0 aromatic heterocycles. The molecule has 1 aliphatic carbocycles. The zero-order valence-corrected chi connectivity index (χ0v) is 15.7. The van der Waals surface area contributed by atoms with Crippen LogP contribution < -0.4 is 5.32 Å². The zero-order valence-electron chi connectivity index (χ0n) is 15.7. The van der Waals surface area contributed by atoms with Crippen LogP contribution in [0.15, 0.2) is 71.9 Å². The van der Waals surface area contributed by atoms with Crippen molar-refractivity contribution in [1.82, 2.24) is 5.32 Å². The number of benzene rings is 2. The van der Waals surface area contributed by atoms with Crippen molar-refractivity contribution in [3.63, 3.8) is 0 Å². The second-order valence-corrected chi connectivity index (χ2v) is 8.29. The molecule has 26 heavy (non-hydrogen) atoms. The Labute approximate surface area is 155 Å². The first-order valence-electron chi connectivity index (χ1n) is 9.30. The third kappa shape index (κ3) is 3.12. The zero-order chi connectivity index (χ0) is 18.3. The third-order valence-electron chi connectivity index (χ3n) is 5.37. The number of dihydropyridines is 1. The molecular formula is C24H25NO. The van der Waals surface area contributed by atoms with Gasteiger partial charge < -0.3 is 5.32 Å². The predicted molar refractivity (Wildman–Crippen MR) is 107 cm³/mol. The molecule has 1 aliphatic heterocycles. The van der Waals surface area contributed by atoms with Crippen LogP contribution in [0.25, 0.3) is 5.70 Å². The van der Waals surface area contributed by atoms with E-state index < -0.39 is 0 Å². The van der Waals surface area contributed by atoms with E-state index in [-0.39, 0.29) is 17.1 Å². The third-order valence-corrected chi connectivity index (χ3v) is 5.37. The van der Waals surface area contributed by atoms with Crippen molar-refractivity contribution in [3.05, 3.63) is 88.6 Å². The van der Waals surface area contributed by atoms with Crippen LogP contribution in [0.1, 0.15) is 49.3 Å². The fourth-order valence-electron chi connectivity index (χ4n) is 4.09. The van der Waals surface area contributed by atoms with E-state index in [0.717, 1.165) is 23.4 Å². The molecule has 2 aliphatic rings. The minimum Gasteiger partial charge on any atom is -0.358 e. The van der Waals surface area contributed by atoms with Crippen LogP contribution in [0.4, 0.5) is 0 Å². The van der Waals surface area contributed by atoms with Gasteiger partial charge in [-0.2, -0.15) is 0 Å². The monoisotopic (exact) mass is 343 g/mol. The lowest BCUT2D eigenvalue weighted by molar-refractivity contribution is -0.118. The molecule has 1 unspecified atom stereocenters. The van der Waals surface area contributed by atoms with Gasteiger partial charge in [0.2, 0.25) is 0 Å². The van der Waals surface area contributed by atoms with Crippen LogP contribution in [0.3, 0.4) is 0 Å². The van der Waals surface area contributed by atoms with Gasteiger partial charge in [-0.15, -0.1) is 0 Å². The van der Waals surface area contributed by atoms with E-state index in [1.807, 2.05) is 18.2 Å². The number of ketones is 1. The van der Waals surface area contributed by atoms with Crippen molar-refractivity contribution in [2.45, 2.75) is 39.5 Å². The summed E-state index contributed by atoms with van der Waals surface area (Å²) in [5, 5.41) is 3.60. The van der Waals surface area contributed by atoms with Gasteiger partial charge in [0.05, 0.1) is 0 Å². The van der Waals surface area contributed by atoms with Crippen LogP contribution in [0.2, 0.25) is 0 Å². The van der Waals surface area contributed by atoms with Crippen LogP contribution in [-0.2, 0) is 4.79 Å². The standard InChI is InChI=1S/C24H25NO/c1-16-9-11-18(12-10-16)20-13-19(17-7-5-4-6-8-17)23-21(25-20)14-24(2,3)15-22(23)26/h4-13,19,25H,14-15H2,1-3H3. The van der Waals surface area contributed by atoms with Gasteiger partial charge >= 0.3 is 0 Å². The normalized spacial score (nSPS) is 21.7. The lowest BCUT2D eigenvalue weighted by Gasteiger charge is -2.38. The molecule has 1 heterocycles. The molecule has 4 rings (SSSR count). The molecule has 132 valence electrons. The fraction of sp³-hybridized carbons (Fsp3) is 0.292. The highest BCUT2D eigenvalue weighted by Crippen LogP contribution is 2.44. The SMILES string of the molecule is Cc1ccc(C2=CC(c3ccccc3)C3=C(CC(C)(C)CC3=O)N2)cc1. The Morgan fingerprint density at radius 1 is 0.962 bits per heavy atom. The Bertz CT molecular complexity index is 901. The van der Waals surface area contributed by atoms with Gasteiger partial charge in [-0.1, -0.05) is 74.0 Å². The maximum Gasteiger partial charge on any atom is 0.162 e. The molecule has 0 bridgehead atoms. The molecule has 1 atom stereocenters. The minimum atomic E-state index is -0.000119. The molecule has 0 radical (unpaired) electrons. The molecule has 0 spiro atoms. The van der Waals surface area contributed by atoms with Gasteiger partial charge in [0.25, 0.3) is 0 Å². The fourth-order valence-corrected chi connectivity index (χ4v) is 4.09. The Balaban J connectivity index is 1.82. The molecule has 2 aromatic rings. The second kappa shape index (κ2) is 6.28. The maximum absolute atomic E-state index is 13.0. The molecule has 0 saturated heterocycles. The highest BCUT2D eigenvalue weighted by molar-refractivity contribution is 6.00. The van der Waals surface area contributed by atoms with Crippen molar-refractivity contribution in [1.29, 1.82) is 0 Å². The highest BCUT2D eigenvalue weighted by atomic mass is 16.1. The van der Waals surface area contributed by atoms with Crippen molar-refractivity contribution >= 4 is 11.5 Å². The van der Waals surface area contributed by atoms with Crippen molar-refractivity contribution < 1.29 is 4.79 Å². The molecule has 0 saturated carbocycles. The van der Waals surface area contributed by atoms with E-state index in [1.165, 1.54) is 16.7 Å². The highest BCUT2D eigenvalue weighted by Gasteiger charge is 2.38. The number of Topliss-reactive ketones (excluding diaryl/α,β-unsaturated/α-hetero) is 1. The second-order valence-electron chi connectivity index (χ2n) is 8.29. The van der Waals surface area contributed by atoms with E-state index in [1.54, 1.807) is 0 Å². The first-order chi connectivity index (χ1) is 12.4. The first kappa shape index (κ1) is 16.8. The summed E-state index contributed by atoms with van der Waals surface area (Å²) in [6.07, 6.45) is 3.74. The molecule has 0 fully saturated rings. The quantitative estimate of drug-likeness (QED) is 0.794. The topological polar surface area (TPSA) is 29.1 Å². The van der Waals surface area contributed by atoms with Crippen LogP contribution in [0, 0.1) is 12.3 Å². The summed E-state index contributed by atoms with van der Waals surface area (Å²) in [6, 6.07) is 18.9. The first-order valence-corrected chi connectivity index (χ1v) is 9.30. The van der Waals surface area contributed by atoms with E-state index in [0.29, 0.717) is 6.42 Å². The van der Waals surface area contributed by atoms with E-state index in [4.69, 9.17) is 0 Å². The number of carbonyl (C=O) groups is 1. The molecule has 2 aromatic carbocycles. The summed E-state index contributed by atoms with van der Waals surface area (Å²) >= 11 is 0. The van der Waals surface area contributed by atoms with Gasteiger partial charge in [-0.05, 0) is 36.0 Å². The lowest BCUT2D eigenvalue weighted by Crippen LogP contribution is -2.35. The van der Waals surface area contributed by atoms with E-state index >= 15 is 0 Å². The van der Waals surface area contributed by atoms with Crippen molar-refractivity contribution in [3.8, 4) is 0 Å². The number of hydrogen-bond donors (Lipinski definition) is 1. The van der Waals surface area contributed by atoms with Crippen molar-refractivity contribution in [2.24, 2.45) is 5.41 Å². The largest absolute Gasteiger partial charge is 0.358 e. The average Bonchev–Trinajstić information content (AvgIpc) is 2.61. The summed E-state index contributed by atoms with van der Waals surface area (Å²) in [5.74, 6) is 0.296. The summed E-state index contributed by atoms with van der Waals surface area (Å²) in [4.78, 5) is 13.0. The summed E-state index contributed by atoms with van der Waals surface area (Å²) in [7, 11) is 0. The van der Waals surface area contributed by atoms with Gasteiger partial charge in [-0.3, -0.25) is 4.79 Å². The molecule has 0 amide bonds. The predicted octanol–water partition coefficient (Wildman–Crippen LogP) is 5.37. The van der Waals surface area contributed by atoms with Crippen LogP contribution in [-0.4, -0.2) is 5.78 Å². The number of hydrogen-bond acceptors (Lipinski definition) is 2. The summed E-state index contributed by atoms with van der Waals surface area (Å²) in [5.41, 5.74) is 6.74. The number of aryl methyl sites for hydroxylation is 1. The van der Waals surface area contributed by atoms with Crippen LogP contribution in [0.5, 0.6) is 0 Å². The van der Waals surface area contributed by atoms with Crippen LogP contribution >= 0.6 is 0 Å². The number of allylic oxidation sites excluding steroid dienone is 3. The Morgan fingerprint density at radius 3 is 2.35 bits per heavy atom. The lowest BCUT2D eigenvalue weighted by atomic mass is 9.70. The smallest absolute Gasteiger partial charge is 0.162 e. The van der Waals surface area contributed by atoms with Gasteiger partial charge in [0.15, 0.2) is 5.78 Å². The van der Waals surface area contributed by atoms with E-state index in [9.17, 15) is 4.79 Å². The molecule has 2 heteroatoms. The Morgan fingerprint density at radius 2 is 1.65 bits per heavy atom. The summed E-state index contributed by atoms with van der Waals surface area (Å²) < 4.78 is 0. The average molecular weight is 343 g/mol. The van der Waals surface area contributed by atoms with Gasteiger partial charge in [0.1, 0.15) is 0 Å². The van der Waals surface area contributed by atoms with E-state index in [2.05, 4.69) is 68.6 Å². The molecular weight excluding hydrogens is 318 g/mol. The number of carbonyl (C=O) groups excluding carboxylic acids is 1. The number of rotatable bonds is 2. The van der Waals surface area contributed by atoms with Gasteiger partial charge in [-0.25, -0.2) is 0 Å². The summed E-state index contributed by atoms with van der Waals surface area (Å²) in [6.45, 7) is 6.46. The molecule has 2 nitrogen and oxygen atoms in total. The number of nitrogens with one attached hydrogen (secondary N) is 1. The molecule has 1 N–H and O–H groups in total. The van der Waals surface area contributed by atoms with Crippen molar-refractivity contribution in [2.75, 3.05) is 0 Å². The Kier molecular flexibility index (Phi) is 4.07. The Hall–Kier alpha value is -2.61. The maximum atomic E-state index is 13.0.